The fraction of sp³-hybridized carbons (Fsp3) is 0.464. The van der Waals surface area contributed by atoms with Crippen molar-refractivity contribution in [2.24, 2.45) is 0 Å². The van der Waals surface area contributed by atoms with Gasteiger partial charge in [0.1, 0.15) is 6.04 Å². The number of carbonyl (C=O) groups is 3. The maximum absolute atomic E-state index is 12.9. The maximum atomic E-state index is 12.9. The molecule has 4 amide bonds. The number of hydrogen-bond donors (Lipinski definition) is 3. The van der Waals surface area contributed by atoms with Gasteiger partial charge in [0.2, 0.25) is 5.91 Å². The van der Waals surface area contributed by atoms with Crippen molar-refractivity contribution in [1.82, 2.24) is 15.5 Å². The van der Waals surface area contributed by atoms with Crippen LogP contribution in [0.15, 0.2) is 42.5 Å². The van der Waals surface area contributed by atoms with Crippen molar-refractivity contribution in [3.05, 3.63) is 64.7 Å². The van der Waals surface area contributed by atoms with E-state index in [1.165, 1.54) is 0 Å². The highest BCUT2D eigenvalue weighted by Gasteiger charge is 2.32. The summed E-state index contributed by atoms with van der Waals surface area (Å²) in [7, 11) is 0. The molecule has 188 valence electrons. The quantitative estimate of drug-likeness (QED) is 0.517. The van der Waals surface area contributed by atoms with Crippen molar-refractivity contribution >= 4 is 23.5 Å². The maximum Gasteiger partial charge on any atom is 0.319 e. The molecule has 2 aromatic carbocycles. The summed E-state index contributed by atoms with van der Waals surface area (Å²) in [5, 5.41) is 8.55. The Balaban J connectivity index is 1.57. The Morgan fingerprint density at radius 3 is 2.06 bits per heavy atom. The smallest absolute Gasteiger partial charge is 0.319 e. The Labute approximate surface area is 208 Å². The highest BCUT2D eigenvalue weighted by molar-refractivity contribution is 5.95. The minimum absolute atomic E-state index is 0.0517. The van der Waals surface area contributed by atoms with Gasteiger partial charge in [-0.1, -0.05) is 25.1 Å². The summed E-state index contributed by atoms with van der Waals surface area (Å²) >= 11 is 0. The molecule has 0 saturated carbocycles. The van der Waals surface area contributed by atoms with E-state index in [1.807, 2.05) is 75.1 Å². The summed E-state index contributed by atoms with van der Waals surface area (Å²) in [6.45, 7) is 11.9. The predicted molar refractivity (Wildman–Crippen MR) is 139 cm³/mol. The molecule has 1 fully saturated rings. The topological polar surface area (TPSA) is 90.5 Å². The molecule has 3 unspecified atom stereocenters. The third-order valence-electron chi connectivity index (χ3n) is 6.71. The number of urea groups is 1. The van der Waals surface area contributed by atoms with Crippen LogP contribution in [0.25, 0.3) is 0 Å². The number of carbonyl (C=O) groups excluding carboxylic acids is 3. The van der Waals surface area contributed by atoms with Gasteiger partial charge in [-0.2, -0.15) is 0 Å². The number of benzene rings is 2. The molecular formula is C28H38N4O3. The first-order valence-electron chi connectivity index (χ1n) is 12.5. The van der Waals surface area contributed by atoms with Gasteiger partial charge in [0.25, 0.3) is 5.91 Å². The number of nitrogens with one attached hydrogen (secondary N) is 3. The summed E-state index contributed by atoms with van der Waals surface area (Å²) in [6.07, 6.45) is 2.52. The van der Waals surface area contributed by atoms with Crippen molar-refractivity contribution in [1.29, 1.82) is 0 Å². The Morgan fingerprint density at radius 2 is 1.51 bits per heavy atom. The lowest BCUT2D eigenvalue weighted by molar-refractivity contribution is -0.123. The number of anilines is 1. The molecule has 0 radical (unpaired) electrons. The van der Waals surface area contributed by atoms with Gasteiger partial charge in [0, 0.05) is 23.3 Å². The predicted octanol–water partition coefficient (Wildman–Crippen LogP) is 5.09. The molecular weight excluding hydrogens is 440 g/mol. The lowest BCUT2D eigenvalue weighted by atomic mass is 10.0. The molecule has 0 bridgehead atoms. The van der Waals surface area contributed by atoms with E-state index in [-0.39, 0.29) is 29.9 Å². The van der Waals surface area contributed by atoms with Crippen molar-refractivity contribution in [3.8, 4) is 0 Å². The molecule has 4 atom stereocenters. The lowest BCUT2D eigenvalue weighted by Crippen LogP contribution is -2.48. The van der Waals surface area contributed by atoms with E-state index in [9.17, 15) is 14.4 Å². The highest BCUT2D eigenvalue weighted by atomic mass is 16.2. The molecule has 3 rings (SSSR count). The molecule has 0 spiro atoms. The molecule has 7 nitrogen and oxygen atoms in total. The zero-order valence-corrected chi connectivity index (χ0v) is 21.6. The number of likely N-dealkylation sites (tertiary alicyclic amines) is 1. The van der Waals surface area contributed by atoms with E-state index in [2.05, 4.69) is 29.8 Å². The summed E-state index contributed by atoms with van der Waals surface area (Å²) in [4.78, 5) is 40.2. The van der Waals surface area contributed by atoms with Crippen LogP contribution in [0.4, 0.5) is 10.5 Å². The zero-order chi connectivity index (χ0) is 25.7. The van der Waals surface area contributed by atoms with E-state index in [1.54, 1.807) is 0 Å². The summed E-state index contributed by atoms with van der Waals surface area (Å²) in [5.74, 6) is -0.203. The summed E-state index contributed by atoms with van der Waals surface area (Å²) < 4.78 is 0. The standard InChI is InChI=1S/C28H38N4O3/c1-7-25(31-28(35)30-24-15-17(2)14-18(3)16-24)26(33)29-21(6)22-10-12-23(13-11-22)27(34)32-19(4)8-9-20(32)5/h10-16,19-21,25H,7-9H2,1-6H3,(H,29,33)(H2,30,31,35)/t19?,20?,21-,25?/m1/s1. The second-order valence-corrected chi connectivity index (χ2v) is 9.78. The van der Waals surface area contributed by atoms with Crippen LogP contribution in [0.3, 0.4) is 0 Å². The molecule has 1 aliphatic rings. The van der Waals surface area contributed by atoms with Gasteiger partial charge < -0.3 is 20.9 Å². The van der Waals surface area contributed by atoms with E-state index in [0.717, 1.165) is 29.5 Å². The largest absolute Gasteiger partial charge is 0.348 e. The van der Waals surface area contributed by atoms with Crippen molar-refractivity contribution in [2.75, 3.05) is 5.32 Å². The van der Waals surface area contributed by atoms with E-state index >= 15 is 0 Å². The Bertz CT molecular complexity index is 1040. The molecule has 1 saturated heterocycles. The first-order valence-corrected chi connectivity index (χ1v) is 12.5. The summed E-state index contributed by atoms with van der Waals surface area (Å²) in [5.41, 5.74) is 4.35. The molecule has 3 N–H and O–H groups in total. The molecule has 7 heteroatoms. The van der Waals surface area contributed by atoms with Crippen LogP contribution in [0, 0.1) is 13.8 Å². The van der Waals surface area contributed by atoms with Crippen LogP contribution in [0.2, 0.25) is 0 Å². The average Bonchev–Trinajstić information content (AvgIpc) is 3.14. The fourth-order valence-electron chi connectivity index (χ4n) is 4.78. The SMILES string of the molecule is CCC(NC(=O)Nc1cc(C)cc(C)c1)C(=O)N[C@H](C)c1ccc(C(=O)N2C(C)CCC2C)cc1. The van der Waals surface area contributed by atoms with Crippen LogP contribution in [-0.4, -0.2) is 40.9 Å². The Morgan fingerprint density at radius 1 is 0.943 bits per heavy atom. The number of amides is 4. The van der Waals surface area contributed by atoms with Gasteiger partial charge in [0.15, 0.2) is 0 Å². The third-order valence-corrected chi connectivity index (χ3v) is 6.71. The Hall–Kier alpha value is -3.35. The second kappa shape index (κ2) is 11.4. The fourth-order valence-corrected chi connectivity index (χ4v) is 4.78. The number of aryl methyl sites for hydroxylation is 2. The van der Waals surface area contributed by atoms with Crippen molar-refractivity contribution in [2.45, 2.75) is 85.0 Å². The highest BCUT2D eigenvalue weighted by Crippen LogP contribution is 2.26. The van der Waals surface area contributed by atoms with Crippen molar-refractivity contribution < 1.29 is 14.4 Å². The summed E-state index contributed by atoms with van der Waals surface area (Å²) in [6, 6.07) is 12.4. The van der Waals surface area contributed by atoms with Crippen LogP contribution >= 0.6 is 0 Å². The van der Waals surface area contributed by atoms with E-state index in [0.29, 0.717) is 17.7 Å². The minimum atomic E-state index is -0.664. The first-order chi connectivity index (χ1) is 16.6. The van der Waals surface area contributed by atoms with Crippen LogP contribution < -0.4 is 16.0 Å². The van der Waals surface area contributed by atoms with Crippen LogP contribution in [0.1, 0.15) is 80.0 Å². The van der Waals surface area contributed by atoms with Gasteiger partial charge in [-0.3, -0.25) is 9.59 Å². The molecule has 0 aliphatic carbocycles. The van der Waals surface area contributed by atoms with Crippen LogP contribution in [-0.2, 0) is 4.79 Å². The van der Waals surface area contributed by atoms with Gasteiger partial charge in [-0.25, -0.2) is 4.79 Å². The number of hydrogen-bond acceptors (Lipinski definition) is 3. The lowest BCUT2D eigenvalue weighted by Gasteiger charge is -2.26. The van der Waals surface area contributed by atoms with Gasteiger partial charge >= 0.3 is 6.03 Å². The molecule has 35 heavy (non-hydrogen) atoms. The van der Waals surface area contributed by atoms with Gasteiger partial charge in [-0.15, -0.1) is 0 Å². The molecule has 1 aliphatic heterocycles. The van der Waals surface area contributed by atoms with E-state index < -0.39 is 12.1 Å². The monoisotopic (exact) mass is 478 g/mol. The van der Waals surface area contributed by atoms with Gasteiger partial charge in [0.05, 0.1) is 6.04 Å². The molecule has 2 aromatic rings. The second-order valence-electron chi connectivity index (χ2n) is 9.78. The van der Waals surface area contributed by atoms with Crippen LogP contribution in [0.5, 0.6) is 0 Å². The zero-order valence-electron chi connectivity index (χ0n) is 21.6. The molecule has 0 aromatic heterocycles. The third kappa shape index (κ3) is 6.62. The number of nitrogens with zero attached hydrogens (tertiary/aromatic N) is 1. The van der Waals surface area contributed by atoms with Crippen molar-refractivity contribution in [3.63, 3.8) is 0 Å². The molecule has 1 heterocycles. The minimum Gasteiger partial charge on any atom is -0.348 e. The normalized spacial score (nSPS) is 19.1. The van der Waals surface area contributed by atoms with E-state index in [4.69, 9.17) is 0 Å². The number of rotatable bonds is 7. The van der Waals surface area contributed by atoms with Gasteiger partial charge in [-0.05, 0) is 94.8 Å². The first kappa shape index (κ1) is 26.3. The Kier molecular flexibility index (Phi) is 8.54. The average molecular weight is 479 g/mol.